The van der Waals surface area contributed by atoms with Crippen LogP contribution in [-0.4, -0.2) is 6.61 Å². The lowest BCUT2D eigenvalue weighted by Gasteiger charge is -2.10. The number of ether oxygens (including phenoxy) is 1. The van der Waals surface area contributed by atoms with Gasteiger partial charge < -0.3 is 4.74 Å². The zero-order valence-corrected chi connectivity index (χ0v) is 11.9. The molecule has 0 atom stereocenters. The Labute approximate surface area is 122 Å². The minimum Gasteiger partial charge on any atom is -0.487 e. The number of unbranched alkanes of at least 4 members (excludes halogenated alkanes) is 2. The number of hydrogen-bond acceptors (Lipinski definition) is 1. The predicted molar refractivity (Wildman–Crippen MR) is 72.2 cm³/mol. The van der Waals surface area contributed by atoms with E-state index in [0.29, 0.717) is 6.42 Å². The van der Waals surface area contributed by atoms with Crippen molar-refractivity contribution in [2.75, 3.05) is 6.61 Å². The summed E-state index contributed by atoms with van der Waals surface area (Å²) in [6.45, 7) is 0.0569. The molecule has 1 aliphatic rings. The van der Waals surface area contributed by atoms with Crippen LogP contribution in [0.15, 0.2) is 6.07 Å². The molecule has 1 aliphatic carbocycles. The Kier molecular flexibility index (Phi) is 5.88. The van der Waals surface area contributed by atoms with E-state index in [2.05, 4.69) is 0 Å². The van der Waals surface area contributed by atoms with E-state index in [1.807, 2.05) is 0 Å². The van der Waals surface area contributed by atoms with Crippen molar-refractivity contribution in [1.29, 1.82) is 0 Å². The van der Waals surface area contributed by atoms with Crippen LogP contribution in [0.5, 0.6) is 5.75 Å². The van der Waals surface area contributed by atoms with Gasteiger partial charge in [-0.2, -0.15) is 8.78 Å². The highest BCUT2D eigenvalue weighted by molar-refractivity contribution is 5.28. The summed E-state index contributed by atoms with van der Waals surface area (Å²) in [5.41, 5.74) is 0. The first-order chi connectivity index (χ1) is 10.1. The molecule has 5 heteroatoms. The Morgan fingerprint density at radius 2 is 1.52 bits per heavy atom. The molecule has 0 heterocycles. The summed E-state index contributed by atoms with van der Waals surface area (Å²) in [5.74, 6) is -5.96. The largest absolute Gasteiger partial charge is 0.487 e. The van der Waals surface area contributed by atoms with Gasteiger partial charge in [-0.1, -0.05) is 44.9 Å². The van der Waals surface area contributed by atoms with Crippen LogP contribution in [0.1, 0.15) is 51.4 Å². The zero-order valence-electron chi connectivity index (χ0n) is 11.9. The first kappa shape index (κ1) is 16.1. The molecule has 0 aromatic heterocycles. The van der Waals surface area contributed by atoms with Gasteiger partial charge in [0.15, 0.2) is 17.4 Å². The van der Waals surface area contributed by atoms with Gasteiger partial charge in [0.2, 0.25) is 11.6 Å². The standard InChI is InChI=1S/C16H20F4O/c17-12-10-13(18)15(20)16(14(12)19)21-9-5-1-2-6-11-7-3-4-8-11/h10-11H,1-9H2. The second-order valence-corrected chi connectivity index (χ2v) is 5.65. The molecule has 1 aromatic rings. The van der Waals surface area contributed by atoms with Gasteiger partial charge in [-0.25, -0.2) is 8.78 Å². The second-order valence-electron chi connectivity index (χ2n) is 5.65. The molecule has 1 aromatic carbocycles. The van der Waals surface area contributed by atoms with Gasteiger partial charge in [0.25, 0.3) is 0 Å². The fraction of sp³-hybridized carbons (Fsp3) is 0.625. The van der Waals surface area contributed by atoms with Gasteiger partial charge in [-0.05, 0) is 12.3 Å². The first-order valence-electron chi connectivity index (χ1n) is 7.55. The summed E-state index contributed by atoms with van der Waals surface area (Å²) in [5, 5.41) is 0. The fourth-order valence-electron chi connectivity index (χ4n) is 2.86. The number of hydrogen-bond donors (Lipinski definition) is 0. The molecule has 0 unspecified atom stereocenters. The Balaban J connectivity index is 1.71. The molecule has 1 saturated carbocycles. The molecule has 0 aliphatic heterocycles. The zero-order chi connectivity index (χ0) is 15.2. The van der Waals surface area contributed by atoms with Crippen molar-refractivity contribution >= 4 is 0 Å². The van der Waals surface area contributed by atoms with E-state index in [0.717, 1.165) is 18.8 Å². The summed E-state index contributed by atoms with van der Waals surface area (Å²) in [4.78, 5) is 0. The van der Waals surface area contributed by atoms with Crippen molar-refractivity contribution in [3.05, 3.63) is 29.3 Å². The summed E-state index contributed by atoms with van der Waals surface area (Å²) >= 11 is 0. The fourth-order valence-corrected chi connectivity index (χ4v) is 2.86. The first-order valence-corrected chi connectivity index (χ1v) is 7.55. The van der Waals surface area contributed by atoms with Crippen LogP contribution < -0.4 is 4.74 Å². The highest BCUT2D eigenvalue weighted by atomic mass is 19.2. The lowest BCUT2D eigenvalue weighted by molar-refractivity contribution is 0.262. The predicted octanol–water partition coefficient (Wildman–Crippen LogP) is 5.37. The molecule has 0 N–H and O–H groups in total. The van der Waals surface area contributed by atoms with Crippen molar-refractivity contribution in [3.63, 3.8) is 0 Å². The van der Waals surface area contributed by atoms with Gasteiger partial charge in [0, 0.05) is 6.07 Å². The second kappa shape index (κ2) is 7.66. The SMILES string of the molecule is Fc1cc(F)c(F)c(OCCCCCC2CCCC2)c1F. The summed E-state index contributed by atoms with van der Waals surface area (Å²) < 4.78 is 57.4. The Morgan fingerprint density at radius 3 is 2.14 bits per heavy atom. The average Bonchev–Trinajstić information content (AvgIpc) is 2.97. The van der Waals surface area contributed by atoms with E-state index in [1.54, 1.807) is 0 Å². The number of halogens is 4. The molecule has 0 spiro atoms. The molecule has 2 rings (SSSR count). The third-order valence-corrected chi connectivity index (χ3v) is 4.05. The van der Waals surface area contributed by atoms with Crippen molar-refractivity contribution in [1.82, 2.24) is 0 Å². The minimum absolute atomic E-state index is 0.0569. The van der Waals surface area contributed by atoms with Crippen LogP contribution in [0, 0.1) is 29.2 Å². The van der Waals surface area contributed by atoms with E-state index in [-0.39, 0.29) is 12.7 Å². The molecular formula is C16H20F4O. The smallest absolute Gasteiger partial charge is 0.203 e. The van der Waals surface area contributed by atoms with E-state index in [1.165, 1.54) is 32.1 Å². The van der Waals surface area contributed by atoms with E-state index in [9.17, 15) is 17.6 Å². The lowest BCUT2D eigenvalue weighted by atomic mass is 10.0. The Bertz CT molecular complexity index is 444. The van der Waals surface area contributed by atoms with Gasteiger partial charge >= 0.3 is 0 Å². The highest BCUT2D eigenvalue weighted by Gasteiger charge is 2.20. The molecular weight excluding hydrogens is 284 g/mol. The summed E-state index contributed by atoms with van der Waals surface area (Å²) in [6.07, 6.45) is 8.97. The quantitative estimate of drug-likeness (QED) is 0.374. The maximum absolute atomic E-state index is 13.3. The topological polar surface area (TPSA) is 9.23 Å². The maximum atomic E-state index is 13.3. The van der Waals surface area contributed by atoms with Gasteiger partial charge in [-0.15, -0.1) is 0 Å². The van der Waals surface area contributed by atoms with Crippen molar-refractivity contribution in [2.45, 2.75) is 51.4 Å². The Hall–Kier alpha value is -1.26. The van der Waals surface area contributed by atoms with Crippen LogP contribution in [0.2, 0.25) is 0 Å². The normalized spacial score (nSPS) is 15.6. The summed E-state index contributed by atoms with van der Waals surface area (Å²) in [7, 11) is 0. The van der Waals surface area contributed by atoms with Crippen LogP contribution in [0.3, 0.4) is 0 Å². The van der Waals surface area contributed by atoms with E-state index < -0.39 is 29.0 Å². The van der Waals surface area contributed by atoms with Crippen molar-refractivity contribution in [2.24, 2.45) is 5.92 Å². The molecule has 1 nitrogen and oxygen atoms in total. The molecule has 0 amide bonds. The van der Waals surface area contributed by atoms with Crippen LogP contribution in [0.25, 0.3) is 0 Å². The molecule has 21 heavy (non-hydrogen) atoms. The van der Waals surface area contributed by atoms with Crippen molar-refractivity contribution in [3.8, 4) is 5.75 Å². The molecule has 118 valence electrons. The lowest BCUT2D eigenvalue weighted by Crippen LogP contribution is -2.05. The highest BCUT2D eigenvalue weighted by Crippen LogP contribution is 2.29. The van der Waals surface area contributed by atoms with Gasteiger partial charge in [-0.3, -0.25) is 0 Å². The third-order valence-electron chi connectivity index (χ3n) is 4.05. The molecule has 0 bridgehead atoms. The average molecular weight is 304 g/mol. The summed E-state index contributed by atoms with van der Waals surface area (Å²) in [6, 6.07) is 0.180. The number of rotatable bonds is 7. The molecule has 1 fully saturated rings. The third kappa shape index (κ3) is 4.35. The monoisotopic (exact) mass is 304 g/mol. The van der Waals surface area contributed by atoms with Gasteiger partial charge in [0.1, 0.15) is 0 Å². The molecule has 0 radical (unpaired) electrons. The van der Waals surface area contributed by atoms with Crippen LogP contribution in [-0.2, 0) is 0 Å². The van der Waals surface area contributed by atoms with Crippen molar-refractivity contribution < 1.29 is 22.3 Å². The number of benzene rings is 1. The van der Waals surface area contributed by atoms with E-state index >= 15 is 0 Å². The maximum Gasteiger partial charge on any atom is 0.203 e. The Morgan fingerprint density at radius 1 is 0.905 bits per heavy atom. The van der Waals surface area contributed by atoms with Gasteiger partial charge in [0.05, 0.1) is 6.61 Å². The van der Waals surface area contributed by atoms with E-state index in [4.69, 9.17) is 4.74 Å². The van der Waals surface area contributed by atoms with Crippen LogP contribution in [0.4, 0.5) is 17.6 Å². The minimum atomic E-state index is -1.47. The van der Waals surface area contributed by atoms with Crippen LogP contribution >= 0.6 is 0 Å². The molecule has 0 saturated heterocycles.